The van der Waals surface area contributed by atoms with Crippen LogP contribution in [0.2, 0.25) is 0 Å². The molecule has 3 heteroatoms. The first-order valence-corrected chi connectivity index (χ1v) is 6.21. The van der Waals surface area contributed by atoms with Gasteiger partial charge in [0.2, 0.25) is 0 Å². The van der Waals surface area contributed by atoms with Crippen LogP contribution in [-0.2, 0) is 6.42 Å². The minimum atomic E-state index is 0.122. The third-order valence-electron chi connectivity index (χ3n) is 2.85. The van der Waals surface area contributed by atoms with Crippen molar-refractivity contribution in [1.82, 2.24) is 5.32 Å². The summed E-state index contributed by atoms with van der Waals surface area (Å²) in [4.78, 5) is 0. The Morgan fingerprint density at radius 3 is 2.87 bits per heavy atom. The molecule has 0 unspecified atom stereocenters. The van der Waals surface area contributed by atoms with Gasteiger partial charge in [0.05, 0.1) is 0 Å². The Morgan fingerprint density at radius 2 is 2.20 bits per heavy atom. The van der Waals surface area contributed by atoms with Crippen LogP contribution in [0.5, 0.6) is 0 Å². The number of halogens is 1. The van der Waals surface area contributed by atoms with E-state index in [1.807, 2.05) is 0 Å². The number of benzene rings is 1. The lowest BCUT2D eigenvalue weighted by Crippen LogP contribution is -2.36. The predicted octanol–water partition coefficient (Wildman–Crippen LogP) is 2.07. The number of nitrogens with one attached hydrogen (secondary N) is 1. The maximum atomic E-state index is 5.98. The van der Waals surface area contributed by atoms with Crippen molar-refractivity contribution in [3.8, 4) is 0 Å². The van der Waals surface area contributed by atoms with E-state index in [9.17, 15) is 0 Å². The molecule has 0 bridgehead atoms. The lowest BCUT2D eigenvalue weighted by molar-refractivity contribution is 0.571. The molecule has 2 rings (SSSR count). The van der Waals surface area contributed by atoms with Crippen LogP contribution >= 0.6 is 15.9 Å². The highest BCUT2D eigenvalue weighted by Crippen LogP contribution is 2.30. The summed E-state index contributed by atoms with van der Waals surface area (Å²) in [6.07, 6.45) is 3.42. The molecular formula is C12H17BrN2. The van der Waals surface area contributed by atoms with Gasteiger partial charge in [-0.2, -0.15) is 0 Å². The number of rotatable bonds is 5. The van der Waals surface area contributed by atoms with E-state index in [2.05, 4.69) is 45.5 Å². The standard InChI is InChI=1S/C12H17BrN2/c13-11-3-1-2-10(8-11)4-7-15-9-12(14)5-6-12/h1-3,8,15H,4-7,9,14H2. The van der Waals surface area contributed by atoms with Crippen LogP contribution in [0.4, 0.5) is 0 Å². The van der Waals surface area contributed by atoms with E-state index in [0.29, 0.717) is 0 Å². The summed E-state index contributed by atoms with van der Waals surface area (Å²) >= 11 is 3.47. The molecule has 3 N–H and O–H groups in total. The Bertz CT molecular complexity index is 334. The molecule has 1 aromatic carbocycles. The van der Waals surface area contributed by atoms with Crippen LogP contribution in [0.1, 0.15) is 18.4 Å². The Hall–Kier alpha value is -0.380. The summed E-state index contributed by atoms with van der Waals surface area (Å²) in [5, 5.41) is 3.42. The average Bonchev–Trinajstić information content (AvgIpc) is 2.92. The Balaban J connectivity index is 1.69. The van der Waals surface area contributed by atoms with E-state index in [-0.39, 0.29) is 5.54 Å². The average molecular weight is 269 g/mol. The largest absolute Gasteiger partial charge is 0.324 e. The van der Waals surface area contributed by atoms with Crippen LogP contribution in [0.25, 0.3) is 0 Å². The van der Waals surface area contributed by atoms with Crippen LogP contribution in [0.3, 0.4) is 0 Å². The van der Waals surface area contributed by atoms with Gasteiger partial charge in [0.15, 0.2) is 0 Å². The summed E-state index contributed by atoms with van der Waals surface area (Å²) in [6, 6.07) is 8.44. The summed E-state index contributed by atoms with van der Waals surface area (Å²) in [5.74, 6) is 0. The molecule has 0 radical (unpaired) electrons. The van der Waals surface area contributed by atoms with Crippen molar-refractivity contribution >= 4 is 15.9 Å². The molecule has 0 spiro atoms. The molecule has 0 heterocycles. The zero-order valence-electron chi connectivity index (χ0n) is 8.80. The van der Waals surface area contributed by atoms with Crippen molar-refractivity contribution in [2.24, 2.45) is 5.73 Å². The van der Waals surface area contributed by atoms with Gasteiger partial charge in [0, 0.05) is 16.6 Å². The van der Waals surface area contributed by atoms with Crippen LogP contribution in [0.15, 0.2) is 28.7 Å². The van der Waals surface area contributed by atoms with Crippen LogP contribution in [0, 0.1) is 0 Å². The molecule has 1 aromatic rings. The maximum absolute atomic E-state index is 5.98. The normalized spacial score (nSPS) is 17.7. The zero-order valence-corrected chi connectivity index (χ0v) is 10.4. The molecule has 1 aliphatic rings. The van der Waals surface area contributed by atoms with E-state index in [0.717, 1.165) is 24.0 Å². The van der Waals surface area contributed by atoms with Gasteiger partial charge in [-0.3, -0.25) is 0 Å². The van der Waals surface area contributed by atoms with Gasteiger partial charge < -0.3 is 11.1 Å². The molecule has 15 heavy (non-hydrogen) atoms. The first-order valence-electron chi connectivity index (χ1n) is 5.42. The summed E-state index contributed by atoms with van der Waals surface area (Å²) in [6.45, 7) is 1.97. The van der Waals surface area contributed by atoms with Gasteiger partial charge in [-0.25, -0.2) is 0 Å². The molecule has 2 nitrogen and oxygen atoms in total. The fourth-order valence-electron chi connectivity index (χ4n) is 1.60. The SMILES string of the molecule is NC1(CNCCc2cccc(Br)c2)CC1. The van der Waals surface area contributed by atoms with Crippen molar-refractivity contribution in [2.75, 3.05) is 13.1 Å². The quantitative estimate of drug-likeness (QED) is 0.803. The van der Waals surface area contributed by atoms with Crippen LogP contribution in [-0.4, -0.2) is 18.6 Å². The van der Waals surface area contributed by atoms with Crippen LogP contribution < -0.4 is 11.1 Å². The van der Waals surface area contributed by atoms with E-state index in [4.69, 9.17) is 5.73 Å². The van der Waals surface area contributed by atoms with Gasteiger partial charge in [-0.05, 0) is 43.5 Å². The van der Waals surface area contributed by atoms with Crippen molar-refractivity contribution in [1.29, 1.82) is 0 Å². The molecule has 1 saturated carbocycles. The predicted molar refractivity (Wildman–Crippen MR) is 66.9 cm³/mol. The second-order valence-electron chi connectivity index (χ2n) is 4.42. The maximum Gasteiger partial charge on any atom is 0.0282 e. The van der Waals surface area contributed by atoms with E-state index >= 15 is 0 Å². The highest BCUT2D eigenvalue weighted by atomic mass is 79.9. The van der Waals surface area contributed by atoms with Crippen molar-refractivity contribution in [2.45, 2.75) is 24.8 Å². The fraction of sp³-hybridized carbons (Fsp3) is 0.500. The smallest absolute Gasteiger partial charge is 0.0282 e. The van der Waals surface area contributed by atoms with Gasteiger partial charge in [-0.1, -0.05) is 28.1 Å². The molecule has 0 amide bonds. The Morgan fingerprint density at radius 1 is 1.40 bits per heavy atom. The molecule has 0 saturated heterocycles. The molecule has 0 atom stereocenters. The first-order chi connectivity index (χ1) is 7.18. The summed E-state index contributed by atoms with van der Waals surface area (Å²) in [5.41, 5.74) is 7.46. The lowest BCUT2D eigenvalue weighted by atomic mass is 10.1. The minimum absolute atomic E-state index is 0.122. The molecule has 1 fully saturated rings. The molecule has 82 valence electrons. The third-order valence-corrected chi connectivity index (χ3v) is 3.34. The van der Waals surface area contributed by atoms with Crippen molar-refractivity contribution in [3.63, 3.8) is 0 Å². The summed E-state index contributed by atoms with van der Waals surface area (Å²) in [7, 11) is 0. The van der Waals surface area contributed by atoms with E-state index in [1.54, 1.807) is 0 Å². The van der Waals surface area contributed by atoms with Gasteiger partial charge >= 0.3 is 0 Å². The first kappa shape index (κ1) is 11.1. The highest BCUT2D eigenvalue weighted by Gasteiger charge is 2.37. The third kappa shape index (κ3) is 3.59. The van der Waals surface area contributed by atoms with Gasteiger partial charge in [0.25, 0.3) is 0 Å². The Labute approximate surface area is 99.4 Å². The lowest BCUT2D eigenvalue weighted by Gasteiger charge is -2.10. The van der Waals surface area contributed by atoms with Gasteiger partial charge in [0.1, 0.15) is 0 Å². The number of hydrogen-bond acceptors (Lipinski definition) is 2. The highest BCUT2D eigenvalue weighted by molar-refractivity contribution is 9.10. The topological polar surface area (TPSA) is 38.0 Å². The second kappa shape index (κ2) is 4.64. The van der Waals surface area contributed by atoms with Gasteiger partial charge in [-0.15, -0.1) is 0 Å². The minimum Gasteiger partial charge on any atom is -0.324 e. The van der Waals surface area contributed by atoms with E-state index in [1.165, 1.54) is 18.4 Å². The molecule has 0 aliphatic heterocycles. The zero-order chi connectivity index (χ0) is 10.7. The molecular weight excluding hydrogens is 252 g/mol. The molecule has 0 aromatic heterocycles. The van der Waals surface area contributed by atoms with Crippen molar-refractivity contribution in [3.05, 3.63) is 34.3 Å². The fourth-order valence-corrected chi connectivity index (χ4v) is 2.05. The molecule has 1 aliphatic carbocycles. The number of nitrogens with two attached hydrogens (primary N) is 1. The van der Waals surface area contributed by atoms with Crippen molar-refractivity contribution < 1.29 is 0 Å². The summed E-state index contributed by atoms with van der Waals surface area (Å²) < 4.78 is 1.15. The number of hydrogen-bond donors (Lipinski definition) is 2. The second-order valence-corrected chi connectivity index (χ2v) is 5.33. The monoisotopic (exact) mass is 268 g/mol. The van der Waals surface area contributed by atoms with E-state index < -0.39 is 0 Å². The Kier molecular flexibility index (Phi) is 3.44.